The monoisotopic (exact) mass is 384 g/mol. The maximum absolute atomic E-state index is 12.5. The van der Waals surface area contributed by atoms with E-state index in [1.165, 1.54) is 11.8 Å². The Morgan fingerprint density at radius 3 is 2.74 bits per heavy atom. The Balaban J connectivity index is 1.60. The van der Waals surface area contributed by atoms with E-state index >= 15 is 0 Å². The normalized spacial score (nSPS) is 17.0. The van der Waals surface area contributed by atoms with Crippen molar-refractivity contribution in [1.29, 1.82) is 0 Å². The number of para-hydroxylation sites is 1. The van der Waals surface area contributed by atoms with Gasteiger partial charge >= 0.3 is 0 Å². The van der Waals surface area contributed by atoms with Gasteiger partial charge in [-0.15, -0.1) is 11.8 Å². The standard InChI is InChI=1S/C21H24N2O3S/c1-13(2)26-16-8-6-7-15(11-16)14(3)22-20(24)12-19-21(25)23-17-9-4-5-10-18(17)27-19/h4-11,13-14,19H,12H2,1-3H3,(H,22,24)(H,23,25). The third kappa shape index (κ3) is 5.04. The van der Waals surface area contributed by atoms with Crippen molar-refractivity contribution in [2.24, 2.45) is 0 Å². The van der Waals surface area contributed by atoms with Gasteiger partial charge in [-0.05, 0) is 50.6 Å². The van der Waals surface area contributed by atoms with Crippen molar-refractivity contribution in [3.8, 4) is 5.75 Å². The summed E-state index contributed by atoms with van der Waals surface area (Å²) in [6.45, 7) is 5.88. The van der Waals surface area contributed by atoms with Crippen LogP contribution < -0.4 is 15.4 Å². The number of rotatable bonds is 6. The predicted octanol–water partition coefficient (Wildman–Crippen LogP) is 4.15. The molecule has 1 aliphatic rings. The molecule has 27 heavy (non-hydrogen) atoms. The highest BCUT2D eigenvalue weighted by Gasteiger charge is 2.29. The Morgan fingerprint density at radius 1 is 1.19 bits per heavy atom. The minimum atomic E-state index is -0.428. The summed E-state index contributed by atoms with van der Waals surface area (Å²) in [7, 11) is 0. The summed E-state index contributed by atoms with van der Waals surface area (Å²) < 4.78 is 5.71. The molecular formula is C21H24N2O3S. The van der Waals surface area contributed by atoms with Gasteiger partial charge in [0, 0.05) is 11.3 Å². The number of nitrogens with one attached hydrogen (secondary N) is 2. The van der Waals surface area contributed by atoms with Crippen LogP contribution in [0, 0.1) is 0 Å². The lowest BCUT2D eigenvalue weighted by Crippen LogP contribution is -2.35. The summed E-state index contributed by atoms with van der Waals surface area (Å²) in [4.78, 5) is 25.7. The summed E-state index contributed by atoms with van der Waals surface area (Å²) in [5.74, 6) is 0.501. The zero-order valence-electron chi connectivity index (χ0n) is 15.7. The predicted molar refractivity (Wildman–Crippen MR) is 108 cm³/mol. The fourth-order valence-corrected chi connectivity index (χ4v) is 4.02. The summed E-state index contributed by atoms with van der Waals surface area (Å²) >= 11 is 1.43. The van der Waals surface area contributed by atoms with Gasteiger partial charge < -0.3 is 15.4 Å². The Morgan fingerprint density at radius 2 is 1.96 bits per heavy atom. The molecule has 2 aromatic carbocycles. The highest BCUT2D eigenvalue weighted by atomic mass is 32.2. The van der Waals surface area contributed by atoms with Gasteiger partial charge in [-0.2, -0.15) is 0 Å². The summed E-state index contributed by atoms with van der Waals surface area (Å²) in [5, 5.41) is 5.42. The smallest absolute Gasteiger partial charge is 0.238 e. The van der Waals surface area contributed by atoms with Crippen molar-refractivity contribution in [1.82, 2.24) is 5.32 Å². The van der Waals surface area contributed by atoms with E-state index in [0.717, 1.165) is 21.9 Å². The molecule has 0 spiro atoms. The minimum absolute atomic E-state index is 0.0925. The molecule has 2 N–H and O–H groups in total. The quantitative estimate of drug-likeness (QED) is 0.785. The molecule has 0 saturated heterocycles. The number of benzene rings is 2. The second-order valence-corrected chi connectivity index (χ2v) is 8.07. The molecule has 142 valence electrons. The van der Waals surface area contributed by atoms with Gasteiger partial charge in [-0.3, -0.25) is 9.59 Å². The second-order valence-electron chi connectivity index (χ2n) is 6.82. The lowest BCUT2D eigenvalue weighted by molar-refractivity contribution is -0.124. The maximum Gasteiger partial charge on any atom is 0.238 e. The van der Waals surface area contributed by atoms with Crippen LogP contribution in [0.1, 0.15) is 38.8 Å². The van der Waals surface area contributed by atoms with Gasteiger partial charge in [-0.25, -0.2) is 0 Å². The molecule has 2 unspecified atom stereocenters. The number of hydrogen-bond donors (Lipinski definition) is 2. The van der Waals surface area contributed by atoms with Gasteiger partial charge in [0.05, 0.1) is 23.1 Å². The van der Waals surface area contributed by atoms with Gasteiger partial charge in [-0.1, -0.05) is 24.3 Å². The molecule has 2 aromatic rings. The lowest BCUT2D eigenvalue weighted by Gasteiger charge is -2.24. The molecule has 1 aliphatic heterocycles. The third-order valence-electron chi connectivity index (χ3n) is 4.18. The van der Waals surface area contributed by atoms with Gasteiger partial charge in [0.1, 0.15) is 5.75 Å². The summed E-state index contributed by atoms with van der Waals surface area (Å²) in [6.07, 6.45) is 0.229. The van der Waals surface area contributed by atoms with Crippen LogP contribution in [0.2, 0.25) is 0 Å². The summed E-state index contributed by atoms with van der Waals surface area (Å²) in [5.41, 5.74) is 1.77. The number of amides is 2. The fourth-order valence-electron chi connectivity index (χ4n) is 2.91. The van der Waals surface area contributed by atoms with Gasteiger partial charge in [0.2, 0.25) is 11.8 Å². The summed E-state index contributed by atoms with van der Waals surface area (Å²) in [6, 6.07) is 15.2. The zero-order chi connectivity index (χ0) is 19.4. The molecular weight excluding hydrogens is 360 g/mol. The van der Waals surface area contributed by atoms with Crippen molar-refractivity contribution in [3.63, 3.8) is 0 Å². The highest BCUT2D eigenvalue weighted by molar-refractivity contribution is 8.01. The first-order valence-electron chi connectivity index (χ1n) is 9.05. The van der Waals surface area contributed by atoms with E-state index in [2.05, 4.69) is 10.6 Å². The molecule has 1 heterocycles. The molecule has 0 radical (unpaired) electrons. The average Bonchev–Trinajstić information content (AvgIpc) is 2.62. The van der Waals surface area contributed by atoms with E-state index in [0.29, 0.717) is 0 Å². The van der Waals surface area contributed by atoms with Gasteiger partial charge in [0.15, 0.2) is 0 Å². The molecule has 2 amide bonds. The number of carbonyl (C=O) groups excluding carboxylic acids is 2. The number of carbonyl (C=O) groups is 2. The molecule has 0 saturated carbocycles. The van der Waals surface area contributed by atoms with Gasteiger partial charge in [0.25, 0.3) is 0 Å². The van der Waals surface area contributed by atoms with Crippen molar-refractivity contribution >= 4 is 29.3 Å². The average molecular weight is 385 g/mol. The first-order valence-corrected chi connectivity index (χ1v) is 9.93. The third-order valence-corrected chi connectivity index (χ3v) is 5.46. The number of thioether (sulfide) groups is 1. The largest absolute Gasteiger partial charge is 0.491 e. The van der Waals surface area contributed by atoms with Crippen molar-refractivity contribution in [2.75, 3.05) is 5.32 Å². The van der Waals surface area contributed by atoms with E-state index < -0.39 is 5.25 Å². The number of fused-ring (bicyclic) bond motifs is 1. The van der Waals surface area contributed by atoms with Crippen molar-refractivity contribution in [3.05, 3.63) is 54.1 Å². The van der Waals surface area contributed by atoms with E-state index in [9.17, 15) is 9.59 Å². The van der Waals surface area contributed by atoms with E-state index in [4.69, 9.17) is 4.74 Å². The Hall–Kier alpha value is -2.47. The molecule has 6 heteroatoms. The lowest BCUT2D eigenvalue weighted by atomic mass is 10.1. The first-order chi connectivity index (χ1) is 12.9. The SMILES string of the molecule is CC(C)Oc1cccc(C(C)NC(=O)CC2Sc3ccccc3NC2=O)c1. The van der Waals surface area contributed by atoms with Crippen molar-refractivity contribution < 1.29 is 14.3 Å². The fraction of sp³-hybridized carbons (Fsp3) is 0.333. The molecule has 0 aliphatic carbocycles. The molecule has 0 fully saturated rings. The van der Waals surface area contributed by atoms with Crippen LogP contribution in [0.25, 0.3) is 0 Å². The van der Waals surface area contributed by atoms with E-state index in [1.54, 1.807) is 0 Å². The second kappa shape index (κ2) is 8.48. The zero-order valence-corrected chi connectivity index (χ0v) is 16.5. The Labute approximate surface area is 163 Å². The number of anilines is 1. The van der Waals surface area contributed by atoms with E-state index in [-0.39, 0.29) is 30.4 Å². The van der Waals surface area contributed by atoms with Crippen LogP contribution in [0.4, 0.5) is 5.69 Å². The molecule has 0 aromatic heterocycles. The molecule has 3 rings (SSSR count). The van der Waals surface area contributed by atoms with Crippen molar-refractivity contribution in [2.45, 2.75) is 49.5 Å². The first kappa shape index (κ1) is 19.3. The number of ether oxygens (including phenoxy) is 1. The molecule has 0 bridgehead atoms. The molecule has 5 nitrogen and oxygen atoms in total. The van der Waals surface area contributed by atoms with Crippen LogP contribution in [-0.2, 0) is 9.59 Å². The van der Waals surface area contributed by atoms with E-state index in [1.807, 2.05) is 69.3 Å². The minimum Gasteiger partial charge on any atom is -0.491 e. The van der Waals surface area contributed by atoms with Crippen LogP contribution in [0.15, 0.2) is 53.4 Å². The van der Waals surface area contributed by atoms with Crippen LogP contribution in [0.5, 0.6) is 5.75 Å². The molecule has 2 atom stereocenters. The maximum atomic E-state index is 12.5. The Bertz CT molecular complexity index is 838. The Kier molecular flexibility index (Phi) is 6.06. The van der Waals surface area contributed by atoms with Crippen LogP contribution >= 0.6 is 11.8 Å². The van der Waals surface area contributed by atoms with Crippen LogP contribution in [0.3, 0.4) is 0 Å². The highest BCUT2D eigenvalue weighted by Crippen LogP contribution is 2.36. The number of hydrogen-bond acceptors (Lipinski definition) is 4. The van der Waals surface area contributed by atoms with Crippen LogP contribution in [-0.4, -0.2) is 23.2 Å². The topological polar surface area (TPSA) is 67.4 Å².